The third-order valence-electron chi connectivity index (χ3n) is 3.45. The number of hydrogen-bond acceptors (Lipinski definition) is 3. The van der Waals surface area contributed by atoms with Crippen molar-refractivity contribution in [1.29, 1.82) is 0 Å². The largest absolute Gasteiger partial charge is 0.478 e. The molecule has 0 fully saturated rings. The molecule has 0 saturated heterocycles. The Morgan fingerprint density at radius 2 is 1.87 bits per heavy atom. The summed E-state index contributed by atoms with van der Waals surface area (Å²) in [5, 5.41) is 11.6. The molecule has 0 bridgehead atoms. The van der Waals surface area contributed by atoms with Crippen molar-refractivity contribution in [2.75, 3.05) is 5.32 Å². The molecule has 0 aromatic heterocycles. The van der Waals surface area contributed by atoms with E-state index in [1.165, 1.54) is 17.7 Å². The Kier molecular flexibility index (Phi) is 5.82. The van der Waals surface area contributed by atoms with Crippen LogP contribution in [0.3, 0.4) is 0 Å². The Hall–Kier alpha value is -2.27. The maximum Gasteiger partial charge on any atom is 0.335 e. The number of rotatable bonds is 6. The lowest BCUT2D eigenvalue weighted by Crippen LogP contribution is -2.23. The molecular formula is C18H19NO3S. The number of anilines is 1. The summed E-state index contributed by atoms with van der Waals surface area (Å²) in [5.41, 5.74) is 2.71. The number of benzene rings is 2. The van der Waals surface area contributed by atoms with E-state index in [9.17, 15) is 9.59 Å². The van der Waals surface area contributed by atoms with Crippen LogP contribution >= 0.6 is 11.8 Å². The van der Waals surface area contributed by atoms with Crippen LogP contribution in [0.25, 0.3) is 0 Å². The number of aryl methyl sites for hydroxylation is 1. The second-order valence-electron chi connectivity index (χ2n) is 5.26. The summed E-state index contributed by atoms with van der Waals surface area (Å²) in [5.74, 6) is -0.382. The predicted molar refractivity (Wildman–Crippen MR) is 94.0 cm³/mol. The van der Waals surface area contributed by atoms with Crippen molar-refractivity contribution in [3.8, 4) is 0 Å². The van der Waals surface area contributed by atoms with Crippen molar-refractivity contribution < 1.29 is 14.7 Å². The highest BCUT2D eigenvalue weighted by molar-refractivity contribution is 7.99. The molecule has 5 heteroatoms. The average molecular weight is 329 g/mol. The number of aromatic carboxylic acids is 1. The lowest BCUT2D eigenvalue weighted by Gasteiger charge is -2.14. The fourth-order valence-electron chi connectivity index (χ4n) is 2.00. The van der Waals surface area contributed by atoms with Gasteiger partial charge in [-0.2, -0.15) is 0 Å². The monoisotopic (exact) mass is 329 g/mol. The van der Waals surface area contributed by atoms with Crippen LogP contribution in [0.5, 0.6) is 0 Å². The summed E-state index contributed by atoms with van der Waals surface area (Å²) in [6, 6.07) is 14.7. The quantitative estimate of drug-likeness (QED) is 0.842. The minimum atomic E-state index is -1.01. The molecule has 1 amide bonds. The van der Waals surface area contributed by atoms with Crippen LogP contribution in [0.2, 0.25) is 0 Å². The molecule has 4 nitrogen and oxygen atoms in total. The summed E-state index contributed by atoms with van der Waals surface area (Å²) >= 11 is 1.54. The van der Waals surface area contributed by atoms with Crippen LogP contribution in [-0.2, 0) is 10.5 Å². The molecule has 0 aliphatic carbocycles. The molecule has 2 aromatic carbocycles. The van der Waals surface area contributed by atoms with Gasteiger partial charge >= 0.3 is 5.97 Å². The van der Waals surface area contributed by atoms with Crippen molar-refractivity contribution in [2.45, 2.75) is 24.9 Å². The molecule has 0 unspecified atom stereocenters. The standard InChI is InChI=1S/C18H19NO3S/c1-12-8-9-15(18(21)22)10-16(12)19-17(20)13(2)23-11-14-6-4-3-5-7-14/h3-10,13H,11H2,1-2H3,(H,19,20)(H,21,22)/t13-/m0/s1. The molecular weight excluding hydrogens is 310 g/mol. The first-order valence-electron chi connectivity index (χ1n) is 7.27. The minimum Gasteiger partial charge on any atom is -0.478 e. The van der Waals surface area contributed by atoms with Crippen molar-refractivity contribution in [2.24, 2.45) is 0 Å². The molecule has 0 aliphatic heterocycles. The van der Waals surface area contributed by atoms with Crippen molar-refractivity contribution in [1.82, 2.24) is 0 Å². The molecule has 0 spiro atoms. The zero-order valence-electron chi connectivity index (χ0n) is 13.1. The first kappa shape index (κ1) is 17.1. The van der Waals surface area contributed by atoms with Gasteiger partial charge in [-0.1, -0.05) is 36.4 Å². The van der Waals surface area contributed by atoms with Gasteiger partial charge in [0.2, 0.25) is 5.91 Å². The van der Waals surface area contributed by atoms with Crippen molar-refractivity contribution in [3.05, 3.63) is 65.2 Å². The maximum atomic E-state index is 12.3. The van der Waals surface area contributed by atoms with Crippen LogP contribution < -0.4 is 5.32 Å². The molecule has 23 heavy (non-hydrogen) atoms. The predicted octanol–water partition coefficient (Wildman–Crippen LogP) is 3.95. The highest BCUT2D eigenvalue weighted by Crippen LogP contribution is 2.21. The number of carboxylic acids is 1. The number of nitrogens with one attached hydrogen (secondary N) is 1. The van der Waals surface area contributed by atoms with E-state index < -0.39 is 5.97 Å². The smallest absolute Gasteiger partial charge is 0.335 e. The molecule has 2 N–H and O–H groups in total. The average Bonchev–Trinajstić information content (AvgIpc) is 2.55. The van der Waals surface area contributed by atoms with E-state index in [1.54, 1.807) is 17.8 Å². The Balaban J connectivity index is 1.98. The van der Waals surface area contributed by atoms with Crippen LogP contribution in [-0.4, -0.2) is 22.2 Å². The van der Waals surface area contributed by atoms with Gasteiger partial charge in [-0.05, 0) is 37.1 Å². The van der Waals surface area contributed by atoms with Gasteiger partial charge in [-0.15, -0.1) is 11.8 Å². The Morgan fingerprint density at radius 1 is 1.17 bits per heavy atom. The van der Waals surface area contributed by atoms with E-state index in [2.05, 4.69) is 5.32 Å². The highest BCUT2D eigenvalue weighted by Gasteiger charge is 2.15. The SMILES string of the molecule is Cc1ccc(C(=O)O)cc1NC(=O)[C@H](C)SCc1ccccc1. The molecule has 2 aromatic rings. The van der Waals surface area contributed by atoms with Gasteiger partial charge < -0.3 is 10.4 Å². The van der Waals surface area contributed by atoms with Gasteiger partial charge in [0.05, 0.1) is 10.8 Å². The van der Waals surface area contributed by atoms with Gasteiger partial charge in [-0.3, -0.25) is 4.79 Å². The van der Waals surface area contributed by atoms with Crippen LogP contribution in [0.1, 0.15) is 28.4 Å². The Bertz CT molecular complexity index is 701. The molecule has 0 saturated carbocycles. The van der Waals surface area contributed by atoms with Crippen LogP contribution in [0.15, 0.2) is 48.5 Å². The fourth-order valence-corrected chi connectivity index (χ4v) is 2.84. The van der Waals surface area contributed by atoms with Gasteiger partial charge in [0, 0.05) is 11.4 Å². The van der Waals surface area contributed by atoms with E-state index in [4.69, 9.17) is 5.11 Å². The van der Waals surface area contributed by atoms with Gasteiger partial charge in [0.15, 0.2) is 0 Å². The van der Waals surface area contributed by atoms with Crippen LogP contribution in [0.4, 0.5) is 5.69 Å². The van der Waals surface area contributed by atoms with E-state index in [-0.39, 0.29) is 16.7 Å². The molecule has 120 valence electrons. The number of amides is 1. The number of thioether (sulfide) groups is 1. The first-order chi connectivity index (χ1) is 11.0. The van der Waals surface area contributed by atoms with E-state index in [0.29, 0.717) is 5.69 Å². The third-order valence-corrected chi connectivity index (χ3v) is 4.67. The number of carbonyl (C=O) groups excluding carboxylic acids is 1. The summed E-state index contributed by atoms with van der Waals surface area (Å²) in [6.07, 6.45) is 0. The molecule has 0 heterocycles. The van der Waals surface area contributed by atoms with Crippen molar-refractivity contribution >= 4 is 29.3 Å². The van der Waals surface area contributed by atoms with Crippen molar-refractivity contribution in [3.63, 3.8) is 0 Å². The number of carboxylic acid groups (broad SMARTS) is 1. The molecule has 0 radical (unpaired) electrons. The zero-order chi connectivity index (χ0) is 16.8. The fraction of sp³-hybridized carbons (Fsp3) is 0.222. The highest BCUT2D eigenvalue weighted by atomic mass is 32.2. The Labute approximate surface area is 139 Å². The summed E-state index contributed by atoms with van der Waals surface area (Å²) in [7, 11) is 0. The normalized spacial score (nSPS) is 11.7. The summed E-state index contributed by atoms with van der Waals surface area (Å²) in [6.45, 7) is 3.68. The Morgan fingerprint density at radius 3 is 2.52 bits per heavy atom. The van der Waals surface area contributed by atoms with Crippen LogP contribution in [0, 0.1) is 6.92 Å². The number of carbonyl (C=O) groups is 2. The zero-order valence-corrected chi connectivity index (χ0v) is 13.9. The van der Waals surface area contributed by atoms with E-state index in [0.717, 1.165) is 11.3 Å². The van der Waals surface area contributed by atoms with E-state index >= 15 is 0 Å². The third kappa shape index (κ3) is 4.86. The topological polar surface area (TPSA) is 66.4 Å². The van der Waals surface area contributed by atoms with Gasteiger partial charge in [0.25, 0.3) is 0 Å². The summed E-state index contributed by atoms with van der Waals surface area (Å²) < 4.78 is 0. The molecule has 1 atom stereocenters. The second kappa shape index (κ2) is 7.83. The summed E-state index contributed by atoms with van der Waals surface area (Å²) in [4.78, 5) is 23.3. The minimum absolute atomic E-state index is 0.128. The first-order valence-corrected chi connectivity index (χ1v) is 8.32. The lowest BCUT2D eigenvalue weighted by atomic mass is 10.1. The lowest BCUT2D eigenvalue weighted by molar-refractivity contribution is -0.115. The second-order valence-corrected chi connectivity index (χ2v) is 6.59. The number of hydrogen-bond donors (Lipinski definition) is 2. The van der Waals surface area contributed by atoms with Gasteiger partial charge in [-0.25, -0.2) is 4.79 Å². The molecule has 0 aliphatic rings. The maximum absolute atomic E-state index is 12.3. The van der Waals surface area contributed by atoms with E-state index in [1.807, 2.05) is 44.2 Å². The molecule has 2 rings (SSSR count). The van der Waals surface area contributed by atoms with Gasteiger partial charge in [0.1, 0.15) is 0 Å².